The zero-order chi connectivity index (χ0) is 16.9. The van der Waals surface area contributed by atoms with Crippen molar-refractivity contribution in [3.63, 3.8) is 0 Å². The van der Waals surface area contributed by atoms with Gasteiger partial charge in [0.2, 0.25) is 0 Å². The lowest BCUT2D eigenvalue weighted by atomic mass is 10.1. The van der Waals surface area contributed by atoms with Crippen LogP contribution in [-0.4, -0.2) is 60.8 Å². The number of rotatable bonds is 5. The van der Waals surface area contributed by atoms with Crippen LogP contribution in [0.2, 0.25) is 0 Å². The van der Waals surface area contributed by atoms with Crippen molar-refractivity contribution in [3.8, 4) is 6.01 Å². The maximum Gasteiger partial charge on any atom is 0.316 e. The van der Waals surface area contributed by atoms with Gasteiger partial charge >= 0.3 is 6.01 Å². The quantitative estimate of drug-likeness (QED) is 0.824. The second-order valence-electron chi connectivity index (χ2n) is 5.99. The van der Waals surface area contributed by atoms with Gasteiger partial charge in [0, 0.05) is 51.7 Å². The molecule has 2 aromatic heterocycles. The number of anilines is 1. The summed E-state index contributed by atoms with van der Waals surface area (Å²) in [6.45, 7) is 3.17. The molecule has 3 rings (SSSR count). The van der Waals surface area contributed by atoms with E-state index in [0.717, 1.165) is 36.7 Å². The van der Waals surface area contributed by atoms with Gasteiger partial charge in [-0.2, -0.15) is 0 Å². The summed E-state index contributed by atoms with van der Waals surface area (Å²) in [6.07, 6.45) is 3.60. The molecule has 7 heteroatoms. The van der Waals surface area contributed by atoms with E-state index in [1.165, 1.54) is 0 Å². The Morgan fingerprint density at radius 1 is 1.29 bits per heavy atom. The normalized spacial score (nSPS) is 18.4. The molecular weight excluding hydrogens is 306 g/mol. The Kier molecular flexibility index (Phi) is 5.22. The minimum atomic E-state index is -0.0159. The van der Waals surface area contributed by atoms with Crippen LogP contribution in [0.15, 0.2) is 30.6 Å². The summed E-state index contributed by atoms with van der Waals surface area (Å²) < 4.78 is 10.9. The van der Waals surface area contributed by atoms with Crippen molar-refractivity contribution < 1.29 is 9.47 Å². The van der Waals surface area contributed by atoms with E-state index in [1.807, 2.05) is 37.2 Å². The number of morpholine rings is 1. The molecule has 0 spiro atoms. The lowest BCUT2D eigenvalue weighted by molar-refractivity contribution is -0.0350. The summed E-state index contributed by atoms with van der Waals surface area (Å²) in [5, 5.41) is 0. The molecule has 0 bridgehead atoms. The molecular formula is C17H23N5O2. The maximum absolute atomic E-state index is 5.93. The molecule has 1 aliphatic heterocycles. The van der Waals surface area contributed by atoms with Gasteiger partial charge in [-0.3, -0.25) is 4.90 Å². The Hall–Kier alpha value is -2.25. The molecule has 1 atom stereocenters. The average molecular weight is 329 g/mol. The fourth-order valence-electron chi connectivity index (χ4n) is 2.68. The summed E-state index contributed by atoms with van der Waals surface area (Å²) in [7, 11) is 5.55. The van der Waals surface area contributed by atoms with Gasteiger partial charge in [0.1, 0.15) is 11.9 Å². The van der Waals surface area contributed by atoms with Gasteiger partial charge in [-0.05, 0) is 12.1 Å². The first-order valence-corrected chi connectivity index (χ1v) is 7.99. The van der Waals surface area contributed by atoms with E-state index in [1.54, 1.807) is 19.5 Å². The molecule has 0 radical (unpaired) electrons. The van der Waals surface area contributed by atoms with E-state index in [-0.39, 0.29) is 6.10 Å². The Morgan fingerprint density at radius 2 is 2.08 bits per heavy atom. The number of methoxy groups -OCH3 is 1. The molecule has 1 saturated heterocycles. The highest BCUT2D eigenvalue weighted by molar-refractivity contribution is 5.37. The third-order valence-corrected chi connectivity index (χ3v) is 3.96. The second kappa shape index (κ2) is 7.55. The third kappa shape index (κ3) is 3.98. The monoisotopic (exact) mass is 329 g/mol. The minimum Gasteiger partial charge on any atom is -0.467 e. The van der Waals surface area contributed by atoms with E-state index < -0.39 is 0 Å². The SMILES string of the molecule is COc1ncc(CN2CCOC(c3cccc(N(C)C)n3)C2)cn1. The van der Waals surface area contributed by atoms with Crippen LogP contribution in [0, 0.1) is 0 Å². The number of ether oxygens (including phenoxy) is 2. The van der Waals surface area contributed by atoms with E-state index in [0.29, 0.717) is 12.6 Å². The van der Waals surface area contributed by atoms with Crippen LogP contribution in [0.4, 0.5) is 5.82 Å². The van der Waals surface area contributed by atoms with Crippen molar-refractivity contribution in [2.45, 2.75) is 12.6 Å². The maximum atomic E-state index is 5.93. The Bertz CT molecular complexity index is 662. The van der Waals surface area contributed by atoms with Crippen molar-refractivity contribution in [2.24, 2.45) is 0 Å². The highest BCUT2D eigenvalue weighted by Gasteiger charge is 2.23. The summed E-state index contributed by atoms with van der Waals surface area (Å²) in [5.74, 6) is 0.941. The van der Waals surface area contributed by atoms with Crippen LogP contribution in [-0.2, 0) is 11.3 Å². The molecule has 7 nitrogen and oxygen atoms in total. The Labute approximate surface area is 142 Å². The zero-order valence-electron chi connectivity index (χ0n) is 14.3. The lowest BCUT2D eigenvalue weighted by Crippen LogP contribution is -2.38. The molecule has 0 aromatic carbocycles. The standard InChI is InChI=1S/C17H23N5O2/c1-21(2)16-6-4-5-14(20-16)15-12-22(7-8-24-15)11-13-9-18-17(23-3)19-10-13/h4-6,9-10,15H,7-8,11-12H2,1-3H3. The van der Waals surface area contributed by atoms with Crippen molar-refractivity contribution in [3.05, 3.63) is 41.9 Å². The van der Waals surface area contributed by atoms with Crippen LogP contribution in [0.3, 0.4) is 0 Å². The number of pyridine rings is 1. The van der Waals surface area contributed by atoms with Gasteiger partial charge in [-0.15, -0.1) is 0 Å². The number of aromatic nitrogens is 3. The first-order chi connectivity index (χ1) is 11.7. The number of nitrogens with zero attached hydrogens (tertiary/aromatic N) is 5. The van der Waals surface area contributed by atoms with Crippen molar-refractivity contribution in [1.82, 2.24) is 19.9 Å². The smallest absolute Gasteiger partial charge is 0.316 e. The first kappa shape index (κ1) is 16.6. The Morgan fingerprint density at radius 3 is 2.79 bits per heavy atom. The summed E-state index contributed by atoms with van der Waals surface area (Å²) in [6, 6.07) is 6.44. The number of hydrogen-bond donors (Lipinski definition) is 0. The molecule has 0 saturated carbocycles. The minimum absolute atomic E-state index is 0.0159. The second-order valence-corrected chi connectivity index (χ2v) is 5.99. The van der Waals surface area contributed by atoms with E-state index in [9.17, 15) is 0 Å². The molecule has 24 heavy (non-hydrogen) atoms. The molecule has 128 valence electrons. The zero-order valence-corrected chi connectivity index (χ0v) is 14.3. The van der Waals surface area contributed by atoms with E-state index in [4.69, 9.17) is 14.5 Å². The van der Waals surface area contributed by atoms with Gasteiger partial charge in [0.05, 0.1) is 19.4 Å². The predicted molar refractivity (Wildman–Crippen MR) is 91.1 cm³/mol. The van der Waals surface area contributed by atoms with Crippen molar-refractivity contribution in [2.75, 3.05) is 45.8 Å². The Balaban J connectivity index is 1.66. The molecule has 1 aliphatic rings. The third-order valence-electron chi connectivity index (χ3n) is 3.96. The first-order valence-electron chi connectivity index (χ1n) is 7.99. The van der Waals surface area contributed by atoms with Crippen LogP contribution >= 0.6 is 0 Å². The van der Waals surface area contributed by atoms with Crippen molar-refractivity contribution in [1.29, 1.82) is 0 Å². The van der Waals surface area contributed by atoms with Crippen LogP contribution < -0.4 is 9.64 Å². The predicted octanol–water partition coefficient (Wildman–Crippen LogP) is 1.52. The summed E-state index contributed by atoms with van der Waals surface area (Å²) in [4.78, 5) is 17.4. The number of hydrogen-bond acceptors (Lipinski definition) is 7. The fourth-order valence-corrected chi connectivity index (χ4v) is 2.68. The molecule has 2 aromatic rings. The van der Waals surface area contributed by atoms with E-state index in [2.05, 4.69) is 14.9 Å². The summed E-state index contributed by atoms with van der Waals surface area (Å²) >= 11 is 0. The van der Waals surface area contributed by atoms with Gasteiger partial charge in [-0.25, -0.2) is 15.0 Å². The van der Waals surface area contributed by atoms with Crippen LogP contribution in [0.1, 0.15) is 17.4 Å². The van der Waals surface area contributed by atoms with Gasteiger partial charge < -0.3 is 14.4 Å². The average Bonchev–Trinajstić information content (AvgIpc) is 2.63. The molecule has 1 fully saturated rings. The highest BCUT2D eigenvalue weighted by atomic mass is 16.5. The van der Waals surface area contributed by atoms with E-state index >= 15 is 0 Å². The molecule has 1 unspecified atom stereocenters. The molecule has 0 amide bonds. The van der Waals surface area contributed by atoms with Gasteiger partial charge in [-0.1, -0.05) is 6.07 Å². The topological polar surface area (TPSA) is 63.6 Å². The molecule has 0 N–H and O–H groups in total. The molecule has 3 heterocycles. The molecule has 0 aliphatic carbocycles. The van der Waals surface area contributed by atoms with Gasteiger partial charge in [0.25, 0.3) is 0 Å². The van der Waals surface area contributed by atoms with Crippen LogP contribution in [0.5, 0.6) is 6.01 Å². The van der Waals surface area contributed by atoms with Crippen LogP contribution in [0.25, 0.3) is 0 Å². The largest absolute Gasteiger partial charge is 0.467 e. The van der Waals surface area contributed by atoms with Crippen molar-refractivity contribution >= 4 is 5.82 Å². The van der Waals surface area contributed by atoms with Gasteiger partial charge in [0.15, 0.2) is 0 Å². The fraction of sp³-hybridized carbons (Fsp3) is 0.471. The highest BCUT2D eigenvalue weighted by Crippen LogP contribution is 2.23. The lowest BCUT2D eigenvalue weighted by Gasteiger charge is -2.32. The summed E-state index contributed by atoms with van der Waals surface area (Å²) in [5.41, 5.74) is 2.03.